The molecule has 0 aliphatic carbocycles. The number of carbonyl (C=O) groups is 2. The summed E-state index contributed by atoms with van der Waals surface area (Å²) in [5.74, 6) is 1.99. The summed E-state index contributed by atoms with van der Waals surface area (Å²) in [6.07, 6.45) is 8.52. The molecule has 4 heteroatoms. The monoisotopic (exact) mass is 272 g/mol. The molecule has 0 aliphatic heterocycles. The van der Waals surface area contributed by atoms with Crippen molar-refractivity contribution >= 4 is 17.5 Å². The Bertz CT molecular complexity index is 503. The molecule has 0 heterocycles. The van der Waals surface area contributed by atoms with Crippen molar-refractivity contribution in [1.29, 1.82) is 0 Å². The molecule has 0 aliphatic rings. The number of hydrogen-bond acceptors (Lipinski definition) is 2. The molecule has 0 atom stereocenters. The number of carbonyl (C=O) groups excluding carboxylic acids is 2. The third kappa shape index (κ3) is 5.15. The summed E-state index contributed by atoms with van der Waals surface area (Å²) in [5.41, 5.74) is 0.940. The van der Waals surface area contributed by atoms with Crippen molar-refractivity contribution in [1.82, 2.24) is 5.32 Å². The van der Waals surface area contributed by atoms with Crippen LogP contribution in [0, 0.1) is 12.3 Å². The van der Waals surface area contributed by atoms with Crippen LogP contribution >= 0.6 is 0 Å². The summed E-state index contributed by atoms with van der Waals surface area (Å²) in [7, 11) is 0. The maximum absolute atomic E-state index is 11.9. The van der Waals surface area contributed by atoms with E-state index in [2.05, 4.69) is 23.5 Å². The highest BCUT2D eigenvalue weighted by atomic mass is 16.2. The maximum Gasteiger partial charge on any atom is 0.254 e. The zero-order valence-corrected chi connectivity index (χ0v) is 11.7. The number of rotatable bonds is 7. The molecule has 1 rings (SSSR count). The SMILES string of the molecule is C#CCNC(=O)c1ccccc1NC(=O)CCCCC. The van der Waals surface area contributed by atoms with Crippen LogP contribution in [0.2, 0.25) is 0 Å². The van der Waals surface area contributed by atoms with Crippen LogP contribution < -0.4 is 10.6 Å². The van der Waals surface area contributed by atoms with E-state index in [1.807, 2.05) is 0 Å². The van der Waals surface area contributed by atoms with E-state index >= 15 is 0 Å². The van der Waals surface area contributed by atoms with E-state index in [1.165, 1.54) is 0 Å². The normalized spacial score (nSPS) is 9.60. The van der Waals surface area contributed by atoms with Gasteiger partial charge in [-0.25, -0.2) is 0 Å². The van der Waals surface area contributed by atoms with Crippen molar-refractivity contribution < 1.29 is 9.59 Å². The highest BCUT2D eigenvalue weighted by Crippen LogP contribution is 2.15. The predicted molar refractivity (Wildman–Crippen MR) is 80.4 cm³/mol. The fraction of sp³-hybridized carbons (Fsp3) is 0.375. The molecule has 0 radical (unpaired) electrons. The average Bonchev–Trinajstić information content (AvgIpc) is 2.45. The molecular weight excluding hydrogens is 252 g/mol. The van der Waals surface area contributed by atoms with Gasteiger partial charge in [0, 0.05) is 6.42 Å². The van der Waals surface area contributed by atoms with Crippen molar-refractivity contribution in [3.05, 3.63) is 29.8 Å². The lowest BCUT2D eigenvalue weighted by molar-refractivity contribution is -0.116. The Morgan fingerprint density at radius 3 is 2.70 bits per heavy atom. The molecule has 0 saturated carbocycles. The standard InChI is InChI=1S/C16H20N2O2/c1-3-5-6-11-15(19)18-14-10-8-7-9-13(14)16(20)17-12-4-2/h2,7-10H,3,5-6,11-12H2,1H3,(H,17,20)(H,18,19). The van der Waals surface area contributed by atoms with E-state index in [-0.39, 0.29) is 18.4 Å². The van der Waals surface area contributed by atoms with Gasteiger partial charge in [0.1, 0.15) is 0 Å². The Hall–Kier alpha value is -2.28. The van der Waals surface area contributed by atoms with Crippen molar-refractivity contribution in [2.24, 2.45) is 0 Å². The average molecular weight is 272 g/mol. The molecule has 0 bridgehead atoms. The first-order chi connectivity index (χ1) is 9.69. The highest BCUT2D eigenvalue weighted by Gasteiger charge is 2.12. The Kier molecular flexibility index (Phi) is 6.91. The minimum Gasteiger partial charge on any atom is -0.341 e. The molecule has 2 N–H and O–H groups in total. The van der Waals surface area contributed by atoms with E-state index in [0.717, 1.165) is 19.3 Å². The fourth-order valence-corrected chi connectivity index (χ4v) is 1.76. The summed E-state index contributed by atoms with van der Waals surface area (Å²) in [6.45, 7) is 2.25. The molecule has 106 valence electrons. The topological polar surface area (TPSA) is 58.2 Å². The second kappa shape index (κ2) is 8.76. The third-order valence-corrected chi connectivity index (χ3v) is 2.80. The van der Waals surface area contributed by atoms with E-state index in [0.29, 0.717) is 17.7 Å². The van der Waals surface area contributed by atoms with Gasteiger partial charge in [0.15, 0.2) is 0 Å². The van der Waals surface area contributed by atoms with Gasteiger partial charge in [-0.2, -0.15) is 0 Å². The van der Waals surface area contributed by atoms with Crippen LogP contribution in [0.4, 0.5) is 5.69 Å². The van der Waals surface area contributed by atoms with Crippen molar-refractivity contribution in [3.8, 4) is 12.3 Å². The Morgan fingerprint density at radius 2 is 2.00 bits per heavy atom. The molecule has 0 aromatic heterocycles. The van der Waals surface area contributed by atoms with Crippen LogP contribution in [0.5, 0.6) is 0 Å². The quantitative estimate of drug-likeness (QED) is 0.592. The Morgan fingerprint density at radius 1 is 1.25 bits per heavy atom. The number of para-hydroxylation sites is 1. The number of anilines is 1. The van der Waals surface area contributed by atoms with Crippen LogP contribution in [-0.4, -0.2) is 18.4 Å². The summed E-state index contributed by atoms with van der Waals surface area (Å²) < 4.78 is 0. The second-order valence-electron chi connectivity index (χ2n) is 4.44. The molecule has 0 fully saturated rings. The van der Waals surface area contributed by atoms with Gasteiger partial charge in [0.25, 0.3) is 5.91 Å². The minimum absolute atomic E-state index is 0.0735. The molecule has 1 aromatic carbocycles. The lowest BCUT2D eigenvalue weighted by Crippen LogP contribution is -2.25. The lowest BCUT2D eigenvalue weighted by Gasteiger charge is -2.10. The molecule has 0 saturated heterocycles. The number of nitrogens with one attached hydrogen (secondary N) is 2. The summed E-state index contributed by atoms with van der Waals surface area (Å²) >= 11 is 0. The van der Waals surface area contributed by atoms with E-state index in [9.17, 15) is 9.59 Å². The number of benzene rings is 1. The fourth-order valence-electron chi connectivity index (χ4n) is 1.76. The predicted octanol–water partition coefficient (Wildman–Crippen LogP) is 2.57. The van der Waals surface area contributed by atoms with Gasteiger partial charge < -0.3 is 10.6 Å². The molecular formula is C16H20N2O2. The van der Waals surface area contributed by atoms with Crippen molar-refractivity contribution in [2.45, 2.75) is 32.6 Å². The smallest absolute Gasteiger partial charge is 0.254 e. The van der Waals surface area contributed by atoms with Gasteiger partial charge in [-0.3, -0.25) is 9.59 Å². The maximum atomic E-state index is 11.9. The summed E-state index contributed by atoms with van der Waals surface area (Å²) in [6, 6.07) is 6.90. The largest absolute Gasteiger partial charge is 0.341 e. The van der Waals surface area contributed by atoms with Crippen LogP contribution in [0.3, 0.4) is 0 Å². The number of unbranched alkanes of at least 4 members (excludes halogenated alkanes) is 2. The molecule has 20 heavy (non-hydrogen) atoms. The van der Waals surface area contributed by atoms with E-state index in [4.69, 9.17) is 6.42 Å². The summed E-state index contributed by atoms with van der Waals surface area (Å²) in [5, 5.41) is 5.36. The van der Waals surface area contributed by atoms with Crippen LogP contribution in [-0.2, 0) is 4.79 Å². The molecule has 2 amide bonds. The Balaban J connectivity index is 2.68. The second-order valence-corrected chi connectivity index (χ2v) is 4.44. The summed E-state index contributed by atoms with van der Waals surface area (Å²) in [4.78, 5) is 23.7. The Labute approximate surface area is 120 Å². The van der Waals surface area contributed by atoms with Crippen LogP contribution in [0.1, 0.15) is 43.0 Å². The van der Waals surface area contributed by atoms with Crippen LogP contribution in [0.15, 0.2) is 24.3 Å². The molecule has 4 nitrogen and oxygen atoms in total. The molecule has 1 aromatic rings. The van der Waals surface area contributed by atoms with Gasteiger partial charge in [0.2, 0.25) is 5.91 Å². The van der Waals surface area contributed by atoms with Crippen molar-refractivity contribution in [3.63, 3.8) is 0 Å². The highest BCUT2D eigenvalue weighted by molar-refractivity contribution is 6.03. The molecule has 0 unspecified atom stereocenters. The van der Waals surface area contributed by atoms with Gasteiger partial charge in [-0.15, -0.1) is 6.42 Å². The minimum atomic E-state index is -0.285. The number of terminal acetylenes is 1. The number of amides is 2. The first-order valence-corrected chi connectivity index (χ1v) is 6.79. The zero-order valence-electron chi connectivity index (χ0n) is 11.7. The van der Waals surface area contributed by atoms with Gasteiger partial charge in [-0.1, -0.05) is 37.8 Å². The first-order valence-electron chi connectivity index (χ1n) is 6.79. The lowest BCUT2D eigenvalue weighted by atomic mass is 10.1. The van der Waals surface area contributed by atoms with Crippen LogP contribution in [0.25, 0.3) is 0 Å². The van der Waals surface area contributed by atoms with Gasteiger partial charge in [0.05, 0.1) is 17.8 Å². The van der Waals surface area contributed by atoms with Gasteiger partial charge in [-0.05, 0) is 18.6 Å². The third-order valence-electron chi connectivity index (χ3n) is 2.80. The van der Waals surface area contributed by atoms with E-state index in [1.54, 1.807) is 24.3 Å². The van der Waals surface area contributed by atoms with Gasteiger partial charge >= 0.3 is 0 Å². The van der Waals surface area contributed by atoms with Crippen molar-refractivity contribution in [2.75, 3.05) is 11.9 Å². The first kappa shape index (κ1) is 15.8. The van der Waals surface area contributed by atoms with E-state index < -0.39 is 0 Å². The number of hydrogen-bond donors (Lipinski definition) is 2. The molecule has 0 spiro atoms. The zero-order chi connectivity index (χ0) is 14.8.